The van der Waals surface area contributed by atoms with Gasteiger partial charge in [-0.1, -0.05) is 18.2 Å². The number of phenolic OH excluding ortho intramolecular Hbond substituents is 1. The zero-order valence-corrected chi connectivity index (χ0v) is 7.95. The number of benzene rings is 1. The molecule has 0 fully saturated rings. The molecule has 0 aliphatic carbocycles. The molecule has 1 aromatic rings. The smallest absolute Gasteiger partial charge is 1.00 e. The first kappa shape index (κ1) is 16.6. The van der Waals surface area contributed by atoms with Crippen LogP contribution in [0.1, 0.15) is 0 Å². The molecule has 0 amide bonds. The summed E-state index contributed by atoms with van der Waals surface area (Å²) in [4.78, 5) is 0. The van der Waals surface area contributed by atoms with Crippen LogP contribution in [0, 0.1) is 0 Å². The molecule has 0 atom stereocenters. The number of phenols is 1. The molecule has 4 heteroatoms. The Morgan fingerprint density at radius 2 is 1.30 bits per heavy atom. The van der Waals surface area contributed by atoms with Crippen LogP contribution in [0.4, 0.5) is 0 Å². The van der Waals surface area contributed by atoms with Crippen molar-refractivity contribution in [3.05, 3.63) is 30.3 Å². The Morgan fingerprint density at radius 3 is 1.50 bits per heavy atom. The van der Waals surface area contributed by atoms with Crippen molar-refractivity contribution in [2.75, 3.05) is 0 Å². The number of aromatic hydroxyl groups is 1. The summed E-state index contributed by atoms with van der Waals surface area (Å²) in [6.45, 7) is 0. The Hall–Kier alpha value is 0.184. The second-order valence-electron chi connectivity index (χ2n) is 1.34. The van der Waals surface area contributed by atoms with Crippen LogP contribution in [-0.2, 0) is 18.6 Å². The molecular formula is C6H6Cl2OV. The number of rotatable bonds is 0. The molecule has 1 rings (SSSR count). The zero-order valence-electron chi connectivity index (χ0n) is 5.04. The van der Waals surface area contributed by atoms with Crippen LogP contribution in [0.2, 0.25) is 0 Å². The summed E-state index contributed by atoms with van der Waals surface area (Å²) in [5, 5.41) is 8.63. The van der Waals surface area contributed by atoms with E-state index in [1.807, 2.05) is 6.07 Å². The average Bonchev–Trinajstić information content (AvgIpc) is 1.69. The van der Waals surface area contributed by atoms with Gasteiger partial charge in [0.05, 0.1) is 0 Å². The molecule has 10 heavy (non-hydrogen) atoms. The molecule has 1 radical (unpaired) electrons. The van der Waals surface area contributed by atoms with Crippen molar-refractivity contribution in [1.82, 2.24) is 0 Å². The van der Waals surface area contributed by atoms with Gasteiger partial charge in [-0.3, -0.25) is 0 Å². The van der Waals surface area contributed by atoms with Gasteiger partial charge in [0.25, 0.3) is 0 Å². The van der Waals surface area contributed by atoms with E-state index in [1.54, 1.807) is 24.3 Å². The van der Waals surface area contributed by atoms with E-state index in [0.717, 1.165) is 0 Å². The third kappa shape index (κ3) is 6.31. The van der Waals surface area contributed by atoms with E-state index < -0.39 is 0 Å². The second kappa shape index (κ2) is 9.18. The van der Waals surface area contributed by atoms with Crippen molar-refractivity contribution >= 4 is 0 Å². The third-order valence-electron chi connectivity index (χ3n) is 0.756. The van der Waals surface area contributed by atoms with Crippen molar-refractivity contribution in [2.24, 2.45) is 0 Å². The van der Waals surface area contributed by atoms with Crippen LogP contribution in [0.3, 0.4) is 0 Å². The van der Waals surface area contributed by atoms with Gasteiger partial charge in [-0.05, 0) is 12.1 Å². The molecule has 0 aliphatic rings. The van der Waals surface area contributed by atoms with E-state index in [0.29, 0.717) is 5.75 Å². The topological polar surface area (TPSA) is 20.2 Å². The minimum atomic E-state index is 0. The number of hydrogen-bond acceptors (Lipinski definition) is 1. The Morgan fingerprint density at radius 1 is 0.900 bits per heavy atom. The predicted molar refractivity (Wildman–Crippen MR) is 28.1 cm³/mol. The van der Waals surface area contributed by atoms with Crippen LogP contribution in [0.5, 0.6) is 5.75 Å². The fraction of sp³-hybridized carbons (Fsp3) is 0. The minimum absolute atomic E-state index is 0. The summed E-state index contributed by atoms with van der Waals surface area (Å²) in [5.41, 5.74) is 0. The van der Waals surface area contributed by atoms with Crippen molar-refractivity contribution in [3.63, 3.8) is 0 Å². The number of halogens is 2. The van der Waals surface area contributed by atoms with E-state index in [4.69, 9.17) is 5.11 Å². The molecule has 1 N–H and O–H groups in total. The van der Waals surface area contributed by atoms with Gasteiger partial charge in [0.15, 0.2) is 0 Å². The summed E-state index contributed by atoms with van der Waals surface area (Å²) in [6, 6.07) is 8.71. The van der Waals surface area contributed by atoms with Crippen LogP contribution in [0.15, 0.2) is 30.3 Å². The van der Waals surface area contributed by atoms with Crippen molar-refractivity contribution in [2.45, 2.75) is 0 Å². The molecule has 0 saturated heterocycles. The monoisotopic (exact) mass is 215 g/mol. The fourth-order valence-electron chi connectivity index (χ4n) is 0.428. The number of para-hydroxylation sites is 1. The largest absolute Gasteiger partial charge is 2.00 e. The van der Waals surface area contributed by atoms with Crippen LogP contribution >= 0.6 is 0 Å². The molecule has 0 spiro atoms. The minimum Gasteiger partial charge on any atom is -1.00 e. The van der Waals surface area contributed by atoms with Crippen molar-refractivity contribution < 1.29 is 48.5 Å². The van der Waals surface area contributed by atoms with E-state index in [2.05, 4.69) is 0 Å². The third-order valence-corrected chi connectivity index (χ3v) is 0.756. The summed E-state index contributed by atoms with van der Waals surface area (Å²) < 4.78 is 0. The fourth-order valence-corrected chi connectivity index (χ4v) is 0.428. The Kier molecular flexibility index (Phi) is 15.3. The van der Waals surface area contributed by atoms with Gasteiger partial charge < -0.3 is 29.9 Å². The van der Waals surface area contributed by atoms with Gasteiger partial charge in [0.2, 0.25) is 0 Å². The van der Waals surface area contributed by atoms with Gasteiger partial charge >= 0.3 is 18.6 Å². The van der Waals surface area contributed by atoms with E-state index in [1.165, 1.54) is 0 Å². The SMILES string of the molecule is Oc1ccccc1.[Cl-].[Cl-].[V+2]. The molecule has 1 nitrogen and oxygen atoms in total. The molecule has 0 bridgehead atoms. The normalized spacial score (nSPS) is 6.00. The van der Waals surface area contributed by atoms with E-state index in [9.17, 15) is 0 Å². The van der Waals surface area contributed by atoms with Gasteiger partial charge in [-0.2, -0.15) is 0 Å². The Balaban J connectivity index is -0.000000163. The second-order valence-corrected chi connectivity index (χ2v) is 1.34. The van der Waals surface area contributed by atoms with E-state index in [-0.39, 0.29) is 43.4 Å². The summed E-state index contributed by atoms with van der Waals surface area (Å²) >= 11 is 0. The van der Waals surface area contributed by atoms with Crippen LogP contribution in [0.25, 0.3) is 0 Å². The Bertz CT molecular complexity index is 146. The van der Waals surface area contributed by atoms with Gasteiger partial charge in [0, 0.05) is 0 Å². The van der Waals surface area contributed by atoms with Gasteiger partial charge in [-0.25, -0.2) is 0 Å². The first-order chi connectivity index (χ1) is 3.39. The predicted octanol–water partition coefficient (Wildman–Crippen LogP) is -4.60. The standard InChI is InChI=1S/C6H6O.2ClH.V/c7-6-4-2-1-3-5-6;;;/h1-5,7H;2*1H;/q;;;+2/p-2. The maximum absolute atomic E-state index is 8.63. The first-order valence-electron chi connectivity index (χ1n) is 2.13. The summed E-state index contributed by atoms with van der Waals surface area (Å²) in [5.74, 6) is 0.322. The first-order valence-corrected chi connectivity index (χ1v) is 2.13. The molecule has 0 heterocycles. The Labute approximate surface area is 84.5 Å². The van der Waals surface area contributed by atoms with Crippen molar-refractivity contribution in [3.8, 4) is 5.75 Å². The van der Waals surface area contributed by atoms with E-state index >= 15 is 0 Å². The molecule has 1 aromatic carbocycles. The van der Waals surface area contributed by atoms with Gasteiger partial charge in [-0.15, -0.1) is 0 Å². The maximum atomic E-state index is 8.63. The quantitative estimate of drug-likeness (QED) is 0.462. The van der Waals surface area contributed by atoms with Crippen LogP contribution in [-0.4, -0.2) is 5.11 Å². The maximum Gasteiger partial charge on any atom is 2.00 e. The van der Waals surface area contributed by atoms with Gasteiger partial charge in [0.1, 0.15) is 5.75 Å². The number of hydrogen-bond donors (Lipinski definition) is 1. The summed E-state index contributed by atoms with van der Waals surface area (Å²) in [7, 11) is 0. The van der Waals surface area contributed by atoms with Crippen molar-refractivity contribution in [1.29, 1.82) is 0 Å². The molecule has 55 valence electrons. The molecule has 0 saturated carbocycles. The molecule has 0 aliphatic heterocycles. The average molecular weight is 216 g/mol. The van der Waals surface area contributed by atoms with Crippen LogP contribution < -0.4 is 24.8 Å². The zero-order chi connectivity index (χ0) is 5.11. The molecule has 0 aromatic heterocycles. The molecule has 0 unspecified atom stereocenters. The summed E-state index contributed by atoms with van der Waals surface area (Å²) in [6.07, 6.45) is 0. The molecular weight excluding hydrogens is 210 g/mol.